The van der Waals surface area contributed by atoms with Crippen molar-refractivity contribution in [3.63, 3.8) is 0 Å². The highest BCUT2D eigenvalue weighted by Gasteiger charge is 2.15. The summed E-state index contributed by atoms with van der Waals surface area (Å²) < 4.78 is 0. The van der Waals surface area contributed by atoms with Gasteiger partial charge in [0.1, 0.15) is 5.65 Å². The maximum Gasteiger partial charge on any atom is 0.137 e. The predicted molar refractivity (Wildman–Crippen MR) is 147 cm³/mol. The minimum absolute atomic E-state index is 0.917. The van der Waals surface area contributed by atoms with Crippen LogP contribution in [0.5, 0.6) is 0 Å². The number of anilines is 1. The minimum atomic E-state index is 0.917. The van der Waals surface area contributed by atoms with Crippen LogP contribution in [0, 0.1) is 6.92 Å². The van der Waals surface area contributed by atoms with Crippen molar-refractivity contribution in [2.24, 2.45) is 0 Å². The second-order valence-electron chi connectivity index (χ2n) is 9.55. The van der Waals surface area contributed by atoms with Crippen LogP contribution in [0.2, 0.25) is 0 Å². The molecule has 0 bridgehead atoms. The van der Waals surface area contributed by atoms with Crippen LogP contribution < -0.4 is 4.90 Å². The Morgan fingerprint density at radius 3 is 2.09 bits per heavy atom. The predicted octanol–water partition coefficient (Wildman–Crippen LogP) is 6.62. The lowest BCUT2D eigenvalue weighted by atomic mass is 9.97. The van der Waals surface area contributed by atoms with Gasteiger partial charge in [0.15, 0.2) is 0 Å². The van der Waals surface area contributed by atoms with Gasteiger partial charge >= 0.3 is 0 Å². The second-order valence-corrected chi connectivity index (χ2v) is 9.55. The Labute approximate surface area is 206 Å². The van der Waals surface area contributed by atoms with E-state index in [2.05, 4.69) is 114 Å². The average molecular weight is 459 g/mol. The number of nitrogens with one attached hydrogen (secondary N) is 1. The number of fused-ring (bicyclic) bond motifs is 1. The molecule has 1 saturated heterocycles. The van der Waals surface area contributed by atoms with Crippen LogP contribution in [-0.2, 0) is 0 Å². The lowest BCUT2D eigenvalue weighted by molar-refractivity contribution is 0.313. The Balaban J connectivity index is 1.29. The van der Waals surface area contributed by atoms with E-state index in [9.17, 15) is 0 Å². The van der Waals surface area contributed by atoms with Gasteiger partial charge in [0, 0.05) is 60.8 Å². The molecule has 3 heterocycles. The van der Waals surface area contributed by atoms with Crippen LogP contribution in [0.15, 0.2) is 91.3 Å². The molecule has 0 saturated carbocycles. The van der Waals surface area contributed by atoms with Crippen molar-refractivity contribution in [2.75, 3.05) is 38.1 Å². The number of aromatic nitrogens is 2. The van der Waals surface area contributed by atoms with Crippen LogP contribution in [-0.4, -0.2) is 48.1 Å². The van der Waals surface area contributed by atoms with Crippen molar-refractivity contribution in [3.8, 4) is 33.4 Å². The summed E-state index contributed by atoms with van der Waals surface area (Å²) in [5.74, 6) is 0. The molecule has 0 atom stereocenters. The van der Waals surface area contributed by atoms with Gasteiger partial charge in [-0.1, -0.05) is 60.7 Å². The van der Waals surface area contributed by atoms with Gasteiger partial charge in [-0.3, -0.25) is 0 Å². The first-order valence-electron chi connectivity index (χ1n) is 12.3. The first-order chi connectivity index (χ1) is 17.2. The van der Waals surface area contributed by atoms with E-state index in [1.807, 2.05) is 6.20 Å². The SMILES string of the molecule is Cc1ccccc1-c1ccc(-c2c[nH]c3ncc(-c4ccc(N5CCN(C)CC5)cc4)cc23)cc1. The molecule has 1 fully saturated rings. The number of piperazine rings is 1. The molecule has 35 heavy (non-hydrogen) atoms. The monoisotopic (exact) mass is 458 g/mol. The molecule has 4 heteroatoms. The highest BCUT2D eigenvalue weighted by Crippen LogP contribution is 2.33. The maximum absolute atomic E-state index is 4.73. The lowest BCUT2D eigenvalue weighted by Crippen LogP contribution is -2.44. The smallest absolute Gasteiger partial charge is 0.137 e. The third-order valence-electron chi connectivity index (χ3n) is 7.25. The summed E-state index contributed by atoms with van der Waals surface area (Å²) in [7, 11) is 2.19. The van der Waals surface area contributed by atoms with Crippen LogP contribution in [0.25, 0.3) is 44.4 Å². The molecule has 1 N–H and O–H groups in total. The van der Waals surface area contributed by atoms with Crippen molar-refractivity contribution in [3.05, 3.63) is 96.8 Å². The summed E-state index contributed by atoms with van der Waals surface area (Å²) >= 11 is 0. The molecule has 6 rings (SSSR count). The maximum atomic E-state index is 4.73. The first-order valence-corrected chi connectivity index (χ1v) is 12.3. The Morgan fingerprint density at radius 2 is 1.37 bits per heavy atom. The van der Waals surface area contributed by atoms with Gasteiger partial charge in [0.25, 0.3) is 0 Å². The second kappa shape index (κ2) is 9.05. The summed E-state index contributed by atoms with van der Waals surface area (Å²) in [6, 6.07) is 28.6. The molecule has 174 valence electrons. The molecule has 4 nitrogen and oxygen atoms in total. The van der Waals surface area contributed by atoms with Gasteiger partial charge in [-0.2, -0.15) is 0 Å². The molecule has 0 aliphatic carbocycles. The molecular weight excluding hydrogens is 428 g/mol. The zero-order valence-corrected chi connectivity index (χ0v) is 20.3. The highest BCUT2D eigenvalue weighted by molar-refractivity contribution is 5.96. The molecular formula is C31H30N4. The van der Waals surface area contributed by atoms with Crippen molar-refractivity contribution in [2.45, 2.75) is 6.92 Å². The highest BCUT2D eigenvalue weighted by atomic mass is 15.2. The summed E-state index contributed by atoms with van der Waals surface area (Å²) in [6.45, 7) is 6.56. The molecule has 5 aromatic rings. The van der Waals surface area contributed by atoms with Gasteiger partial charge in [-0.05, 0) is 60.0 Å². The van der Waals surface area contributed by atoms with E-state index in [1.165, 1.54) is 39.1 Å². The fourth-order valence-electron chi connectivity index (χ4n) is 5.06. The summed E-state index contributed by atoms with van der Waals surface area (Å²) in [6.07, 6.45) is 4.04. The number of hydrogen-bond acceptors (Lipinski definition) is 3. The van der Waals surface area contributed by atoms with E-state index in [-0.39, 0.29) is 0 Å². The van der Waals surface area contributed by atoms with Crippen molar-refractivity contribution in [1.82, 2.24) is 14.9 Å². The molecule has 1 aliphatic heterocycles. The number of aryl methyl sites for hydroxylation is 1. The molecule has 0 amide bonds. The van der Waals surface area contributed by atoms with Crippen molar-refractivity contribution < 1.29 is 0 Å². The van der Waals surface area contributed by atoms with Crippen LogP contribution in [0.1, 0.15) is 5.56 Å². The summed E-state index contributed by atoms with van der Waals surface area (Å²) in [4.78, 5) is 12.9. The summed E-state index contributed by atoms with van der Waals surface area (Å²) in [5.41, 5.74) is 10.7. The normalized spacial score (nSPS) is 14.5. The molecule has 0 radical (unpaired) electrons. The molecule has 2 aromatic heterocycles. The third-order valence-corrected chi connectivity index (χ3v) is 7.25. The lowest BCUT2D eigenvalue weighted by Gasteiger charge is -2.34. The number of H-pyrrole nitrogens is 1. The average Bonchev–Trinajstić information content (AvgIpc) is 3.33. The Morgan fingerprint density at radius 1 is 0.714 bits per heavy atom. The van der Waals surface area contributed by atoms with E-state index in [1.54, 1.807) is 0 Å². The van der Waals surface area contributed by atoms with Crippen LogP contribution >= 0.6 is 0 Å². The quantitative estimate of drug-likeness (QED) is 0.328. The van der Waals surface area contributed by atoms with Gasteiger partial charge in [-0.15, -0.1) is 0 Å². The number of benzene rings is 3. The Kier molecular flexibility index (Phi) is 5.59. The summed E-state index contributed by atoms with van der Waals surface area (Å²) in [5, 5.41) is 1.15. The van der Waals surface area contributed by atoms with E-state index < -0.39 is 0 Å². The molecule has 3 aromatic carbocycles. The van der Waals surface area contributed by atoms with Gasteiger partial charge < -0.3 is 14.8 Å². The fourth-order valence-corrected chi connectivity index (χ4v) is 5.06. The first kappa shape index (κ1) is 21.6. The van der Waals surface area contributed by atoms with Gasteiger partial charge in [0.2, 0.25) is 0 Å². The van der Waals surface area contributed by atoms with Crippen LogP contribution in [0.4, 0.5) is 5.69 Å². The number of aromatic amines is 1. The molecule has 0 unspecified atom stereocenters. The molecule has 0 spiro atoms. The standard InChI is InChI=1S/C31H30N4/c1-22-5-3-4-6-28(22)24-7-9-25(10-8-24)30-21-33-31-29(30)19-26(20-32-31)23-11-13-27(14-12-23)35-17-15-34(2)16-18-35/h3-14,19-21H,15-18H2,1-2H3,(H,32,33). The topological polar surface area (TPSA) is 35.2 Å². The minimum Gasteiger partial charge on any atom is -0.369 e. The van der Waals surface area contributed by atoms with Gasteiger partial charge in [0.05, 0.1) is 0 Å². The Hall–Kier alpha value is -3.89. The van der Waals surface area contributed by atoms with Gasteiger partial charge in [-0.25, -0.2) is 4.98 Å². The number of rotatable bonds is 4. The zero-order chi connectivity index (χ0) is 23.8. The largest absolute Gasteiger partial charge is 0.369 e. The third kappa shape index (κ3) is 4.22. The van der Waals surface area contributed by atoms with Crippen LogP contribution in [0.3, 0.4) is 0 Å². The zero-order valence-electron chi connectivity index (χ0n) is 20.3. The van der Waals surface area contributed by atoms with E-state index in [0.717, 1.165) is 42.8 Å². The van der Waals surface area contributed by atoms with E-state index in [0.29, 0.717) is 0 Å². The fraction of sp³-hybridized carbons (Fsp3) is 0.194. The number of nitrogens with zero attached hydrogens (tertiary/aromatic N) is 3. The van der Waals surface area contributed by atoms with E-state index in [4.69, 9.17) is 4.98 Å². The Bertz CT molecular complexity index is 1460. The number of likely N-dealkylation sites (N-methyl/N-ethyl adjacent to an activating group) is 1. The van der Waals surface area contributed by atoms with Crippen molar-refractivity contribution in [1.29, 1.82) is 0 Å². The number of hydrogen-bond donors (Lipinski definition) is 1. The van der Waals surface area contributed by atoms with Crippen molar-refractivity contribution >= 4 is 16.7 Å². The number of pyridine rings is 1. The van der Waals surface area contributed by atoms with E-state index >= 15 is 0 Å². The molecule has 1 aliphatic rings.